The fraction of sp³-hybridized carbons (Fsp3) is 0.250. The van der Waals surface area contributed by atoms with Crippen molar-refractivity contribution in [2.45, 2.75) is 6.42 Å². The number of nitrogens with zero attached hydrogens (tertiary/aromatic N) is 2. The van der Waals surface area contributed by atoms with Crippen molar-refractivity contribution in [3.05, 3.63) is 53.3 Å². The first-order valence-corrected chi connectivity index (χ1v) is 7.26. The highest BCUT2D eigenvalue weighted by Gasteiger charge is 2.11. The minimum atomic E-state index is -0.0277. The van der Waals surface area contributed by atoms with E-state index in [1.807, 2.05) is 12.1 Å². The van der Waals surface area contributed by atoms with Crippen molar-refractivity contribution < 1.29 is 9.53 Å². The number of nitrogens with two attached hydrogens (primary N) is 1. The van der Waals surface area contributed by atoms with Gasteiger partial charge >= 0.3 is 0 Å². The first-order valence-electron chi connectivity index (χ1n) is 6.88. The Labute approximate surface area is 134 Å². The maximum Gasteiger partial charge on any atom is 0.228 e. The van der Waals surface area contributed by atoms with E-state index in [1.54, 1.807) is 42.4 Å². The van der Waals surface area contributed by atoms with Gasteiger partial charge in [-0.05, 0) is 24.3 Å². The molecule has 0 unspecified atom stereocenters. The summed E-state index contributed by atoms with van der Waals surface area (Å²) in [6.07, 6.45) is 1.78. The average molecular weight is 320 g/mol. The molecule has 0 bridgehead atoms. The molecule has 0 fully saturated rings. The van der Waals surface area contributed by atoms with Crippen LogP contribution in [0.5, 0.6) is 5.75 Å². The highest BCUT2D eigenvalue weighted by molar-refractivity contribution is 6.32. The molecule has 0 atom stereocenters. The topological polar surface area (TPSA) is 68.5 Å². The third-order valence-corrected chi connectivity index (χ3v) is 3.44. The van der Waals surface area contributed by atoms with E-state index in [9.17, 15) is 4.79 Å². The fourth-order valence-corrected chi connectivity index (χ4v) is 2.00. The number of hydrogen-bond acceptors (Lipinski definition) is 4. The predicted molar refractivity (Wildman–Crippen MR) is 86.9 cm³/mol. The summed E-state index contributed by atoms with van der Waals surface area (Å²) in [5.41, 5.74) is 6.84. The van der Waals surface area contributed by atoms with Gasteiger partial charge in [-0.15, -0.1) is 0 Å². The van der Waals surface area contributed by atoms with Crippen molar-refractivity contribution >= 4 is 23.2 Å². The molecule has 0 saturated heterocycles. The summed E-state index contributed by atoms with van der Waals surface area (Å²) < 4.78 is 5.57. The van der Waals surface area contributed by atoms with Gasteiger partial charge in [-0.1, -0.05) is 23.7 Å². The van der Waals surface area contributed by atoms with Crippen LogP contribution in [-0.4, -0.2) is 36.0 Å². The van der Waals surface area contributed by atoms with Gasteiger partial charge in [0.15, 0.2) is 0 Å². The van der Waals surface area contributed by atoms with Crippen LogP contribution < -0.4 is 10.5 Å². The molecule has 0 spiro atoms. The summed E-state index contributed by atoms with van der Waals surface area (Å²) in [6.45, 7) is 0.847. The van der Waals surface area contributed by atoms with Crippen LogP contribution in [0.25, 0.3) is 0 Å². The normalized spacial score (nSPS) is 10.3. The molecule has 2 rings (SSSR count). The Balaban J connectivity index is 1.79. The lowest BCUT2D eigenvalue weighted by Crippen LogP contribution is -2.32. The van der Waals surface area contributed by atoms with Gasteiger partial charge in [-0.2, -0.15) is 0 Å². The predicted octanol–water partition coefficient (Wildman–Crippen LogP) is 2.40. The standard InChI is InChI=1S/C16H18ClN3O2/c1-20(8-9-22-15-5-3-2-4-14(15)17)16(21)10-13-7-6-12(18)11-19-13/h2-7,11H,8-10,18H2,1H3. The third-order valence-electron chi connectivity index (χ3n) is 3.13. The smallest absolute Gasteiger partial charge is 0.228 e. The lowest BCUT2D eigenvalue weighted by atomic mass is 10.2. The summed E-state index contributed by atoms with van der Waals surface area (Å²) in [6, 6.07) is 10.7. The van der Waals surface area contributed by atoms with Gasteiger partial charge in [0.1, 0.15) is 12.4 Å². The molecule has 2 aromatic rings. The second-order valence-electron chi connectivity index (χ2n) is 4.85. The zero-order valence-corrected chi connectivity index (χ0v) is 13.1. The van der Waals surface area contributed by atoms with Gasteiger partial charge in [-0.25, -0.2) is 0 Å². The third kappa shape index (κ3) is 4.63. The number of halogens is 1. The molecular weight excluding hydrogens is 302 g/mol. The second-order valence-corrected chi connectivity index (χ2v) is 5.26. The summed E-state index contributed by atoms with van der Waals surface area (Å²) in [4.78, 5) is 17.8. The van der Waals surface area contributed by atoms with Gasteiger partial charge in [-0.3, -0.25) is 9.78 Å². The Morgan fingerprint density at radius 1 is 1.32 bits per heavy atom. The van der Waals surface area contributed by atoms with E-state index in [-0.39, 0.29) is 12.3 Å². The monoisotopic (exact) mass is 319 g/mol. The van der Waals surface area contributed by atoms with Crippen LogP contribution in [0.2, 0.25) is 5.02 Å². The minimum absolute atomic E-state index is 0.0277. The molecule has 0 aliphatic carbocycles. The summed E-state index contributed by atoms with van der Waals surface area (Å²) in [7, 11) is 1.73. The molecular formula is C16H18ClN3O2. The molecule has 6 heteroatoms. The second kappa shape index (κ2) is 7.66. The van der Waals surface area contributed by atoms with Crippen LogP contribution in [0.15, 0.2) is 42.6 Å². The van der Waals surface area contributed by atoms with Crippen molar-refractivity contribution in [3.8, 4) is 5.75 Å². The van der Waals surface area contributed by atoms with E-state index >= 15 is 0 Å². The van der Waals surface area contributed by atoms with Crippen LogP contribution in [0.3, 0.4) is 0 Å². The number of pyridine rings is 1. The van der Waals surface area contributed by atoms with Crippen LogP contribution >= 0.6 is 11.6 Å². The largest absolute Gasteiger partial charge is 0.490 e. The Hall–Kier alpha value is -2.27. The van der Waals surface area contributed by atoms with Crippen LogP contribution in [-0.2, 0) is 11.2 Å². The number of aromatic nitrogens is 1. The number of nitrogen functional groups attached to an aromatic ring is 1. The number of hydrogen-bond donors (Lipinski definition) is 1. The van der Waals surface area contributed by atoms with Crippen molar-refractivity contribution in [1.82, 2.24) is 9.88 Å². The van der Waals surface area contributed by atoms with Crippen molar-refractivity contribution in [2.24, 2.45) is 0 Å². The molecule has 0 saturated carbocycles. The first-order chi connectivity index (χ1) is 10.6. The summed E-state index contributed by atoms with van der Waals surface area (Å²) in [5.74, 6) is 0.588. The zero-order valence-electron chi connectivity index (χ0n) is 12.3. The SMILES string of the molecule is CN(CCOc1ccccc1Cl)C(=O)Cc1ccc(N)cn1. The number of para-hydroxylation sites is 1. The Morgan fingerprint density at radius 3 is 2.77 bits per heavy atom. The number of carbonyl (C=O) groups excluding carboxylic acids is 1. The van der Waals surface area contributed by atoms with Gasteiger partial charge < -0.3 is 15.4 Å². The zero-order chi connectivity index (χ0) is 15.9. The summed E-state index contributed by atoms with van der Waals surface area (Å²) >= 11 is 6.00. The van der Waals surface area contributed by atoms with E-state index < -0.39 is 0 Å². The van der Waals surface area contributed by atoms with Gasteiger partial charge in [0.2, 0.25) is 5.91 Å². The molecule has 1 amide bonds. The number of ether oxygens (including phenoxy) is 1. The Morgan fingerprint density at radius 2 is 2.09 bits per heavy atom. The van der Waals surface area contributed by atoms with Crippen LogP contribution in [0.1, 0.15) is 5.69 Å². The fourth-order valence-electron chi connectivity index (χ4n) is 1.81. The Kier molecular flexibility index (Phi) is 5.61. The molecule has 1 aromatic carbocycles. The average Bonchev–Trinajstić information content (AvgIpc) is 2.51. The van der Waals surface area contributed by atoms with Gasteiger partial charge in [0.25, 0.3) is 0 Å². The number of anilines is 1. The van der Waals surface area contributed by atoms with E-state index in [1.165, 1.54) is 0 Å². The van der Waals surface area contributed by atoms with Crippen LogP contribution in [0, 0.1) is 0 Å². The van der Waals surface area contributed by atoms with E-state index in [0.717, 1.165) is 0 Å². The molecule has 22 heavy (non-hydrogen) atoms. The number of rotatable bonds is 6. The maximum atomic E-state index is 12.1. The number of carbonyl (C=O) groups is 1. The van der Waals surface area contributed by atoms with E-state index in [2.05, 4.69) is 4.98 Å². The van der Waals surface area contributed by atoms with Crippen LogP contribution in [0.4, 0.5) is 5.69 Å². The first kappa shape index (κ1) is 16.1. The quantitative estimate of drug-likeness (QED) is 0.887. The number of benzene rings is 1. The van der Waals surface area contributed by atoms with E-state index in [4.69, 9.17) is 22.1 Å². The molecule has 0 aliphatic heterocycles. The summed E-state index contributed by atoms with van der Waals surface area (Å²) in [5, 5.41) is 0.558. The molecule has 0 aliphatic rings. The molecule has 0 radical (unpaired) electrons. The molecule has 1 aromatic heterocycles. The number of amides is 1. The highest BCUT2D eigenvalue weighted by Crippen LogP contribution is 2.22. The maximum absolute atomic E-state index is 12.1. The van der Waals surface area contributed by atoms with Gasteiger partial charge in [0, 0.05) is 12.7 Å². The van der Waals surface area contributed by atoms with Crippen molar-refractivity contribution in [2.75, 3.05) is 25.9 Å². The molecule has 116 valence electrons. The van der Waals surface area contributed by atoms with Crippen molar-refractivity contribution in [1.29, 1.82) is 0 Å². The number of likely N-dealkylation sites (N-methyl/N-ethyl adjacent to an activating group) is 1. The minimum Gasteiger partial charge on any atom is -0.490 e. The lowest BCUT2D eigenvalue weighted by Gasteiger charge is -2.17. The highest BCUT2D eigenvalue weighted by atomic mass is 35.5. The van der Waals surface area contributed by atoms with Gasteiger partial charge in [0.05, 0.1) is 29.9 Å². The molecule has 1 heterocycles. The van der Waals surface area contributed by atoms with Crippen molar-refractivity contribution in [3.63, 3.8) is 0 Å². The molecule has 5 nitrogen and oxygen atoms in total. The molecule has 2 N–H and O–H groups in total. The van der Waals surface area contributed by atoms with E-state index in [0.29, 0.717) is 35.3 Å². The lowest BCUT2D eigenvalue weighted by molar-refractivity contribution is -0.129. The Bertz CT molecular complexity index is 632.